The van der Waals surface area contributed by atoms with Crippen LogP contribution in [-0.4, -0.2) is 47.2 Å². The molecule has 2 saturated carbocycles. The zero-order valence-electron chi connectivity index (χ0n) is 12.3. The summed E-state index contributed by atoms with van der Waals surface area (Å²) in [5, 5.41) is 12.6. The van der Waals surface area contributed by atoms with E-state index in [1.807, 2.05) is 6.92 Å². The van der Waals surface area contributed by atoms with Gasteiger partial charge in [-0.25, -0.2) is 0 Å². The minimum atomic E-state index is -0.712. The van der Waals surface area contributed by atoms with Crippen LogP contribution in [0.2, 0.25) is 0 Å². The zero-order chi connectivity index (χ0) is 13.8. The molecule has 0 spiro atoms. The standard InChI is InChI=1S/C15H28N2O2/c1-3-17(10-15(18)19)14-8-13(9-14)16-11(2)4-5-12-6-7-12/h11-14,16H,3-10H2,1-2H3,(H,18,19). The number of aliphatic carboxylic acids is 1. The van der Waals surface area contributed by atoms with Gasteiger partial charge in [-0.05, 0) is 45.1 Å². The third kappa shape index (κ3) is 4.77. The molecule has 0 aromatic rings. The molecule has 2 rings (SSSR count). The van der Waals surface area contributed by atoms with E-state index in [0.29, 0.717) is 18.1 Å². The van der Waals surface area contributed by atoms with Crippen LogP contribution in [0.25, 0.3) is 0 Å². The van der Waals surface area contributed by atoms with Gasteiger partial charge in [0.25, 0.3) is 0 Å². The highest BCUT2D eigenvalue weighted by Gasteiger charge is 2.34. The molecule has 2 fully saturated rings. The fourth-order valence-electron chi connectivity index (χ4n) is 3.07. The number of hydrogen-bond donors (Lipinski definition) is 2. The number of hydrogen-bond acceptors (Lipinski definition) is 3. The Morgan fingerprint density at radius 3 is 2.63 bits per heavy atom. The molecule has 0 saturated heterocycles. The Balaban J connectivity index is 1.59. The van der Waals surface area contributed by atoms with E-state index >= 15 is 0 Å². The molecular weight excluding hydrogens is 240 g/mol. The first kappa shape index (κ1) is 14.8. The monoisotopic (exact) mass is 268 g/mol. The number of rotatable bonds is 9. The summed E-state index contributed by atoms with van der Waals surface area (Å²) in [5.41, 5.74) is 0. The van der Waals surface area contributed by atoms with Crippen LogP contribution in [0.1, 0.15) is 52.4 Å². The lowest BCUT2D eigenvalue weighted by atomic mass is 9.84. The van der Waals surface area contributed by atoms with E-state index in [2.05, 4.69) is 17.1 Å². The lowest BCUT2D eigenvalue weighted by molar-refractivity contribution is -0.139. The van der Waals surface area contributed by atoms with Gasteiger partial charge in [0.1, 0.15) is 0 Å². The molecule has 0 heterocycles. The third-order valence-electron chi connectivity index (χ3n) is 4.60. The number of carboxylic acids is 1. The van der Waals surface area contributed by atoms with Crippen LogP contribution >= 0.6 is 0 Å². The maximum absolute atomic E-state index is 10.8. The van der Waals surface area contributed by atoms with Crippen molar-refractivity contribution in [2.24, 2.45) is 5.92 Å². The summed E-state index contributed by atoms with van der Waals surface area (Å²) in [5.74, 6) is 0.306. The molecule has 2 aliphatic carbocycles. The van der Waals surface area contributed by atoms with Crippen LogP contribution in [0, 0.1) is 5.92 Å². The molecule has 0 amide bonds. The number of carboxylic acid groups (broad SMARTS) is 1. The maximum atomic E-state index is 10.8. The smallest absolute Gasteiger partial charge is 0.317 e. The van der Waals surface area contributed by atoms with E-state index in [1.54, 1.807) is 0 Å². The number of carbonyl (C=O) groups is 1. The first-order valence-corrected chi connectivity index (χ1v) is 7.80. The highest BCUT2D eigenvalue weighted by molar-refractivity contribution is 5.69. The minimum absolute atomic E-state index is 0.186. The number of likely N-dealkylation sites (N-methyl/N-ethyl adjacent to an activating group) is 1. The summed E-state index contributed by atoms with van der Waals surface area (Å²) in [6.45, 7) is 5.35. The summed E-state index contributed by atoms with van der Waals surface area (Å²) in [6, 6.07) is 1.68. The first-order valence-electron chi connectivity index (χ1n) is 7.80. The molecular formula is C15H28N2O2. The molecule has 110 valence electrons. The Morgan fingerprint density at radius 1 is 1.42 bits per heavy atom. The van der Waals surface area contributed by atoms with Crippen molar-refractivity contribution in [1.82, 2.24) is 10.2 Å². The van der Waals surface area contributed by atoms with Crippen LogP contribution in [0.5, 0.6) is 0 Å². The predicted octanol–water partition coefficient (Wildman–Crippen LogP) is 2.09. The number of nitrogens with zero attached hydrogens (tertiary/aromatic N) is 1. The largest absolute Gasteiger partial charge is 0.480 e. The van der Waals surface area contributed by atoms with Gasteiger partial charge in [-0.3, -0.25) is 9.69 Å². The van der Waals surface area contributed by atoms with E-state index < -0.39 is 5.97 Å². The Kier molecular flexibility index (Phi) is 5.22. The highest BCUT2D eigenvalue weighted by atomic mass is 16.4. The van der Waals surface area contributed by atoms with Crippen LogP contribution in [-0.2, 0) is 4.79 Å². The maximum Gasteiger partial charge on any atom is 0.317 e. The van der Waals surface area contributed by atoms with Crippen molar-refractivity contribution in [1.29, 1.82) is 0 Å². The summed E-state index contributed by atoms with van der Waals surface area (Å²) >= 11 is 0. The van der Waals surface area contributed by atoms with Crippen molar-refractivity contribution in [3.63, 3.8) is 0 Å². The summed E-state index contributed by atoms with van der Waals surface area (Å²) < 4.78 is 0. The second kappa shape index (κ2) is 6.71. The van der Waals surface area contributed by atoms with Gasteiger partial charge in [0, 0.05) is 18.1 Å². The number of nitrogens with one attached hydrogen (secondary N) is 1. The van der Waals surface area contributed by atoms with Crippen molar-refractivity contribution in [2.45, 2.75) is 70.5 Å². The van der Waals surface area contributed by atoms with E-state index in [0.717, 1.165) is 25.3 Å². The van der Waals surface area contributed by atoms with Crippen molar-refractivity contribution in [3.05, 3.63) is 0 Å². The van der Waals surface area contributed by atoms with Gasteiger partial charge in [-0.1, -0.05) is 19.8 Å². The SMILES string of the molecule is CCN(CC(=O)O)C1CC(NC(C)CCC2CC2)C1. The molecule has 1 atom stereocenters. The van der Waals surface area contributed by atoms with Gasteiger partial charge >= 0.3 is 5.97 Å². The molecule has 0 radical (unpaired) electrons. The van der Waals surface area contributed by atoms with E-state index in [-0.39, 0.29) is 6.54 Å². The van der Waals surface area contributed by atoms with Gasteiger partial charge in [-0.15, -0.1) is 0 Å². The normalized spacial score (nSPS) is 28.2. The van der Waals surface area contributed by atoms with Gasteiger partial charge in [0.2, 0.25) is 0 Å². The van der Waals surface area contributed by atoms with Crippen LogP contribution < -0.4 is 5.32 Å². The van der Waals surface area contributed by atoms with Gasteiger partial charge in [0.05, 0.1) is 6.54 Å². The van der Waals surface area contributed by atoms with Crippen LogP contribution in [0.3, 0.4) is 0 Å². The molecule has 0 bridgehead atoms. The van der Waals surface area contributed by atoms with Crippen molar-refractivity contribution in [3.8, 4) is 0 Å². The van der Waals surface area contributed by atoms with Crippen molar-refractivity contribution >= 4 is 5.97 Å². The Hall–Kier alpha value is -0.610. The predicted molar refractivity (Wildman–Crippen MR) is 76.2 cm³/mol. The molecule has 4 nitrogen and oxygen atoms in total. The molecule has 1 unspecified atom stereocenters. The summed E-state index contributed by atoms with van der Waals surface area (Å²) in [4.78, 5) is 12.8. The molecule has 19 heavy (non-hydrogen) atoms. The molecule has 2 aliphatic rings. The molecule has 2 N–H and O–H groups in total. The molecule has 4 heteroatoms. The second-order valence-corrected chi connectivity index (χ2v) is 6.37. The van der Waals surface area contributed by atoms with E-state index in [1.165, 1.54) is 25.7 Å². The fourth-order valence-corrected chi connectivity index (χ4v) is 3.07. The molecule has 0 aromatic carbocycles. The molecule has 0 aromatic heterocycles. The van der Waals surface area contributed by atoms with Gasteiger partial charge < -0.3 is 10.4 Å². The third-order valence-corrected chi connectivity index (χ3v) is 4.60. The van der Waals surface area contributed by atoms with E-state index in [9.17, 15) is 4.79 Å². The van der Waals surface area contributed by atoms with E-state index in [4.69, 9.17) is 5.11 Å². The minimum Gasteiger partial charge on any atom is -0.480 e. The average molecular weight is 268 g/mol. The van der Waals surface area contributed by atoms with Crippen LogP contribution in [0.4, 0.5) is 0 Å². The highest BCUT2D eigenvalue weighted by Crippen LogP contribution is 2.34. The summed E-state index contributed by atoms with van der Waals surface area (Å²) in [7, 11) is 0. The van der Waals surface area contributed by atoms with Gasteiger partial charge in [0.15, 0.2) is 0 Å². The van der Waals surface area contributed by atoms with Crippen molar-refractivity contribution < 1.29 is 9.90 Å². The van der Waals surface area contributed by atoms with Crippen LogP contribution in [0.15, 0.2) is 0 Å². The quantitative estimate of drug-likeness (QED) is 0.672. The zero-order valence-corrected chi connectivity index (χ0v) is 12.3. The average Bonchev–Trinajstić information content (AvgIpc) is 3.11. The Labute approximate surface area is 116 Å². The summed E-state index contributed by atoms with van der Waals surface area (Å²) in [6.07, 6.45) is 7.77. The topological polar surface area (TPSA) is 52.6 Å². The lowest BCUT2D eigenvalue weighted by Crippen LogP contribution is -2.55. The lowest BCUT2D eigenvalue weighted by Gasteiger charge is -2.43. The molecule has 0 aliphatic heterocycles. The Bertz CT molecular complexity index is 299. The Morgan fingerprint density at radius 2 is 2.11 bits per heavy atom. The van der Waals surface area contributed by atoms with Gasteiger partial charge in [-0.2, -0.15) is 0 Å². The second-order valence-electron chi connectivity index (χ2n) is 6.37. The first-order chi connectivity index (χ1) is 9.08. The van der Waals surface area contributed by atoms with Crippen molar-refractivity contribution in [2.75, 3.05) is 13.1 Å². The fraction of sp³-hybridized carbons (Fsp3) is 0.933.